The number of carboxylic acid groups (broad SMARTS) is 1. The molecule has 0 amide bonds. The van der Waals surface area contributed by atoms with Crippen molar-refractivity contribution in [3.05, 3.63) is 98.8 Å². The van der Waals surface area contributed by atoms with Crippen LogP contribution in [0.4, 0.5) is 5.69 Å². The number of furan rings is 1. The molecule has 0 saturated carbocycles. The molecule has 5 aromatic rings. The molecule has 37 heavy (non-hydrogen) atoms. The predicted molar refractivity (Wildman–Crippen MR) is 135 cm³/mol. The Balaban J connectivity index is 1.70. The predicted octanol–water partition coefficient (Wildman–Crippen LogP) is 4.45. The number of nitrogens with zero attached hydrogens (tertiary/aromatic N) is 4. The number of ether oxygens (including phenoxy) is 1. The number of nitro groups is 1. The van der Waals surface area contributed by atoms with E-state index in [1.165, 1.54) is 31.3 Å². The van der Waals surface area contributed by atoms with E-state index in [2.05, 4.69) is 10.1 Å². The summed E-state index contributed by atoms with van der Waals surface area (Å²) in [4.78, 5) is 40.2. The lowest BCUT2D eigenvalue weighted by Crippen LogP contribution is -2.24. The second kappa shape index (κ2) is 9.38. The van der Waals surface area contributed by atoms with Crippen molar-refractivity contribution in [2.75, 3.05) is 0 Å². The minimum absolute atomic E-state index is 0.0953. The molecule has 1 N–H and O–H groups in total. The zero-order valence-electron chi connectivity index (χ0n) is 19.3. The van der Waals surface area contributed by atoms with E-state index in [1.54, 1.807) is 36.4 Å². The molecule has 0 fully saturated rings. The average Bonchev–Trinajstić information content (AvgIpc) is 3.32. The number of hydrogen-bond acceptors (Lipinski definition) is 8. The smallest absolute Gasteiger partial charge is 0.344 e. The lowest BCUT2D eigenvalue weighted by Gasteiger charge is -2.13. The highest BCUT2D eigenvalue weighted by Gasteiger charge is 2.24. The summed E-state index contributed by atoms with van der Waals surface area (Å²) in [6.45, 7) is 1.25. The van der Waals surface area contributed by atoms with Crippen molar-refractivity contribution < 1.29 is 24.0 Å². The van der Waals surface area contributed by atoms with E-state index < -0.39 is 28.2 Å². The Morgan fingerprint density at radius 3 is 2.68 bits per heavy atom. The molecule has 0 radical (unpaired) electrons. The third-order valence-corrected chi connectivity index (χ3v) is 5.58. The van der Waals surface area contributed by atoms with E-state index >= 15 is 0 Å². The Hall–Kier alpha value is -5.32. The Labute approximate surface area is 208 Å². The van der Waals surface area contributed by atoms with Gasteiger partial charge in [-0.1, -0.05) is 36.4 Å². The van der Waals surface area contributed by atoms with Gasteiger partial charge >= 0.3 is 11.7 Å². The minimum Gasteiger partial charge on any atom is -0.479 e. The van der Waals surface area contributed by atoms with Gasteiger partial charge in [-0.15, -0.1) is 0 Å². The normalized spacial score (nSPS) is 12.2. The Morgan fingerprint density at radius 2 is 1.92 bits per heavy atom. The molecule has 2 aromatic heterocycles. The molecule has 0 aliphatic rings. The molecule has 2 heterocycles. The Bertz CT molecular complexity index is 1740. The van der Waals surface area contributed by atoms with Crippen LogP contribution in [0.25, 0.3) is 33.5 Å². The average molecular weight is 498 g/mol. The second-order valence-electron chi connectivity index (χ2n) is 8.01. The highest BCUT2D eigenvalue weighted by molar-refractivity contribution is 5.87. The van der Waals surface area contributed by atoms with Gasteiger partial charge in [-0.25, -0.2) is 9.78 Å². The van der Waals surface area contributed by atoms with E-state index in [4.69, 9.17) is 9.15 Å². The maximum absolute atomic E-state index is 13.4. The minimum atomic E-state index is -1.37. The van der Waals surface area contributed by atoms with Gasteiger partial charge in [0.15, 0.2) is 11.9 Å². The van der Waals surface area contributed by atoms with E-state index in [0.717, 1.165) is 10.1 Å². The Kier molecular flexibility index (Phi) is 5.94. The van der Waals surface area contributed by atoms with Crippen LogP contribution in [-0.2, 0) is 4.79 Å². The zero-order valence-corrected chi connectivity index (χ0v) is 19.3. The first-order chi connectivity index (χ1) is 17.8. The molecule has 11 nitrogen and oxygen atoms in total. The number of carboxylic acids is 1. The number of carbonyl (C=O) groups is 1. The van der Waals surface area contributed by atoms with Crippen molar-refractivity contribution in [3.8, 4) is 17.3 Å². The van der Waals surface area contributed by atoms with Crippen molar-refractivity contribution in [2.24, 2.45) is 5.10 Å². The highest BCUT2D eigenvalue weighted by Crippen LogP contribution is 2.31. The van der Waals surface area contributed by atoms with Crippen LogP contribution in [0.3, 0.4) is 0 Å². The fourth-order valence-corrected chi connectivity index (χ4v) is 3.75. The van der Waals surface area contributed by atoms with Crippen molar-refractivity contribution in [2.45, 2.75) is 13.0 Å². The summed E-state index contributed by atoms with van der Waals surface area (Å²) in [5.41, 5.74) is 0.178. The third kappa shape index (κ3) is 4.41. The first kappa shape index (κ1) is 23.4. The fourth-order valence-electron chi connectivity index (χ4n) is 3.75. The largest absolute Gasteiger partial charge is 0.479 e. The summed E-state index contributed by atoms with van der Waals surface area (Å²) in [5.74, 6) is -1.19. The number of nitro benzene ring substituents is 1. The van der Waals surface area contributed by atoms with Gasteiger partial charge in [0.05, 0.1) is 22.0 Å². The zero-order chi connectivity index (χ0) is 26.1. The molecule has 1 atom stereocenters. The van der Waals surface area contributed by atoms with Gasteiger partial charge in [0, 0.05) is 17.0 Å². The molecular weight excluding hydrogens is 480 g/mol. The quantitative estimate of drug-likeness (QED) is 0.196. The van der Waals surface area contributed by atoms with Gasteiger partial charge < -0.3 is 14.3 Å². The lowest BCUT2D eigenvalue weighted by molar-refractivity contribution is -0.386. The molecule has 0 spiro atoms. The highest BCUT2D eigenvalue weighted by atomic mass is 16.6. The SMILES string of the molecule is C[C@H](Oc1c(C=Nn2c(-c3cc4ccccc4o3)nc3ccccc3c2=O)cccc1[N+](=O)[O-])C(=O)O. The standard InChI is InChI=1S/C26H18N4O7/c1-15(26(32)33)36-23-17(8-6-11-20(23)30(34)35)14-27-29-24(22-13-16-7-2-5-12-21(16)37-22)28-19-10-4-3-9-18(19)25(29)31/h2-15H,1H3,(H,32,33)/t15-/m0/s1. The summed E-state index contributed by atoms with van der Waals surface area (Å²) in [7, 11) is 0. The topological polar surface area (TPSA) is 150 Å². The van der Waals surface area contributed by atoms with Gasteiger partial charge in [-0.3, -0.25) is 14.9 Å². The maximum Gasteiger partial charge on any atom is 0.344 e. The summed E-state index contributed by atoms with van der Waals surface area (Å²) in [5, 5.41) is 26.2. The monoisotopic (exact) mass is 498 g/mol. The molecule has 0 aliphatic carbocycles. The van der Waals surface area contributed by atoms with E-state index in [0.29, 0.717) is 16.5 Å². The van der Waals surface area contributed by atoms with Crippen molar-refractivity contribution in [1.29, 1.82) is 0 Å². The molecule has 5 rings (SSSR count). The number of para-hydroxylation sites is 3. The number of aliphatic carboxylic acids is 1. The summed E-state index contributed by atoms with van der Waals surface area (Å²) in [6.07, 6.45) is -0.189. The van der Waals surface area contributed by atoms with Gasteiger partial charge in [-0.2, -0.15) is 9.78 Å². The molecule has 184 valence electrons. The second-order valence-corrected chi connectivity index (χ2v) is 8.01. The van der Waals surface area contributed by atoms with Crippen LogP contribution >= 0.6 is 0 Å². The van der Waals surface area contributed by atoms with Crippen LogP contribution in [0.2, 0.25) is 0 Å². The lowest BCUT2D eigenvalue weighted by atomic mass is 10.2. The van der Waals surface area contributed by atoms with Crippen molar-refractivity contribution in [3.63, 3.8) is 0 Å². The summed E-state index contributed by atoms with van der Waals surface area (Å²) < 4.78 is 12.3. The van der Waals surface area contributed by atoms with Gasteiger partial charge in [0.1, 0.15) is 5.58 Å². The number of benzene rings is 3. The van der Waals surface area contributed by atoms with Gasteiger partial charge in [0.25, 0.3) is 5.56 Å². The maximum atomic E-state index is 13.4. The molecule has 0 saturated heterocycles. The van der Waals surface area contributed by atoms with Crippen molar-refractivity contribution >= 4 is 39.7 Å². The number of aromatic nitrogens is 2. The van der Waals surface area contributed by atoms with Gasteiger partial charge in [0.2, 0.25) is 11.6 Å². The van der Waals surface area contributed by atoms with Crippen LogP contribution in [0.15, 0.2) is 87.1 Å². The van der Waals surface area contributed by atoms with Crippen LogP contribution in [0, 0.1) is 10.1 Å². The summed E-state index contributed by atoms with van der Waals surface area (Å²) >= 11 is 0. The van der Waals surface area contributed by atoms with E-state index in [1.807, 2.05) is 18.2 Å². The first-order valence-corrected chi connectivity index (χ1v) is 11.1. The number of rotatable bonds is 7. The number of fused-ring (bicyclic) bond motifs is 2. The summed E-state index contributed by atoms with van der Waals surface area (Å²) in [6, 6.07) is 19.8. The fraction of sp³-hybridized carbons (Fsp3) is 0.0769. The molecule has 0 unspecified atom stereocenters. The number of hydrogen-bond donors (Lipinski definition) is 1. The van der Waals surface area contributed by atoms with Crippen LogP contribution in [0.5, 0.6) is 5.75 Å². The molecular formula is C26H18N4O7. The van der Waals surface area contributed by atoms with Crippen LogP contribution < -0.4 is 10.3 Å². The van der Waals surface area contributed by atoms with E-state index in [9.17, 15) is 24.8 Å². The van der Waals surface area contributed by atoms with Gasteiger partial charge in [-0.05, 0) is 37.3 Å². The Morgan fingerprint density at radius 1 is 1.16 bits per heavy atom. The van der Waals surface area contributed by atoms with Crippen LogP contribution in [0.1, 0.15) is 12.5 Å². The van der Waals surface area contributed by atoms with E-state index in [-0.39, 0.29) is 22.9 Å². The molecule has 3 aromatic carbocycles. The third-order valence-electron chi connectivity index (χ3n) is 5.58. The molecule has 0 bridgehead atoms. The first-order valence-electron chi connectivity index (χ1n) is 11.1. The molecule has 11 heteroatoms. The van der Waals surface area contributed by atoms with Crippen molar-refractivity contribution in [1.82, 2.24) is 9.66 Å². The van der Waals surface area contributed by atoms with Crippen LogP contribution in [-0.4, -0.2) is 38.0 Å². The molecule has 0 aliphatic heterocycles.